The molecule has 0 saturated carbocycles. The van der Waals surface area contributed by atoms with E-state index in [1.807, 2.05) is 19.1 Å². The van der Waals surface area contributed by atoms with E-state index in [0.29, 0.717) is 0 Å². The van der Waals surface area contributed by atoms with Crippen LogP contribution in [-0.2, 0) is 13.0 Å². The number of furan rings is 1. The van der Waals surface area contributed by atoms with E-state index in [2.05, 4.69) is 43.1 Å². The highest BCUT2D eigenvalue weighted by Crippen LogP contribution is 2.18. The summed E-state index contributed by atoms with van der Waals surface area (Å²) < 4.78 is 5.61. The smallest absolute Gasteiger partial charge is 0.123 e. The first-order valence-electron chi connectivity index (χ1n) is 7.19. The van der Waals surface area contributed by atoms with Crippen LogP contribution in [0.5, 0.6) is 0 Å². The van der Waals surface area contributed by atoms with Crippen molar-refractivity contribution < 1.29 is 4.42 Å². The minimum absolute atomic E-state index is 0.254. The Balaban J connectivity index is 1.98. The summed E-state index contributed by atoms with van der Waals surface area (Å²) in [4.78, 5) is 2.18. The number of rotatable bonds is 6. The van der Waals surface area contributed by atoms with Crippen molar-refractivity contribution in [1.82, 2.24) is 0 Å². The topological polar surface area (TPSA) is 42.4 Å². The molecule has 0 amide bonds. The van der Waals surface area contributed by atoms with Crippen molar-refractivity contribution in [3.8, 4) is 0 Å². The van der Waals surface area contributed by atoms with Crippen LogP contribution in [-0.4, -0.2) is 13.1 Å². The summed E-state index contributed by atoms with van der Waals surface area (Å²) >= 11 is 0. The van der Waals surface area contributed by atoms with Crippen molar-refractivity contribution in [2.24, 2.45) is 5.73 Å². The molecule has 0 saturated heterocycles. The van der Waals surface area contributed by atoms with E-state index in [-0.39, 0.29) is 6.04 Å². The Hall–Kier alpha value is -1.74. The van der Waals surface area contributed by atoms with E-state index in [1.54, 1.807) is 0 Å². The Kier molecular flexibility index (Phi) is 4.85. The van der Waals surface area contributed by atoms with Gasteiger partial charge in [0.1, 0.15) is 11.5 Å². The first kappa shape index (κ1) is 14.7. The van der Waals surface area contributed by atoms with E-state index in [9.17, 15) is 0 Å². The standard InChI is InChI=1S/C17H24N2O/c1-4-15(18)11-14-6-8-16(9-7-14)19(3)12-17-10-5-13(2)20-17/h5-10,15H,4,11-12,18H2,1-3H3. The fraction of sp³-hybridized carbons (Fsp3) is 0.412. The Morgan fingerprint density at radius 1 is 1.15 bits per heavy atom. The van der Waals surface area contributed by atoms with Gasteiger partial charge in [-0.2, -0.15) is 0 Å². The molecule has 0 bridgehead atoms. The summed E-state index contributed by atoms with van der Waals surface area (Å²) in [5.41, 5.74) is 8.47. The van der Waals surface area contributed by atoms with Crippen molar-refractivity contribution >= 4 is 5.69 Å². The minimum Gasteiger partial charge on any atom is -0.464 e. The number of hydrogen-bond donors (Lipinski definition) is 1. The van der Waals surface area contributed by atoms with E-state index >= 15 is 0 Å². The van der Waals surface area contributed by atoms with Crippen molar-refractivity contribution in [2.45, 2.75) is 39.3 Å². The molecule has 0 aliphatic heterocycles. The summed E-state index contributed by atoms with van der Waals surface area (Å²) in [6, 6.07) is 12.9. The van der Waals surface area contributed by atoms with Gasteiger partial charge in [0, 0.05) is 18.8 Å². The normalized spacial score (nSPS) is 12.4. The highest BCUT2D eigenvalue weighted by molar-refractivity contribution is 5.47. The quantitative estimate of drug-likeness (QED) is 0.875. The fourth-order valence-electron chi connectivity index (χ4n) is 2.23. The molecular formula is C17H24N2O. The number of aryl methyl sites for hydroxylation is 1. The molecule has 1 atom stereocenters. The Morgan fingerprint density at radius 3 is 2.40 bits per heavy atom. The van der Waals surface area contributed by atoms with Crippen LogP contribution in [0.2, 0.25) is 0 Å². The average Bonchev–Trinajstić information content (AvgIpc) is 2.84. The Morgan fingerprint density at radius 2 is 1.85 bits per heavy atom. The zero-order valence-corrected chi connectivity index (χ0v) is 12.6. The maximum atomic E-state index is 5.98. The highest BCUT2D eigenvalue weighted by Gasteiger charge is 2.06. The SMILES string of the molecule is CCC(N)Cc1ccc(N(C)Cc2ccc(C)o2)cc1. The molecule has 0 radical (unpaired) electrons. The molecule has 20 heavy (non-hydrogen) atoms. The van der Waals surface area contributed by atoms with Crippen molar-refractivity contribution in [3.63, 3.8) is 0 Å². The molecule has 0 aliphatic rings. The van der Waals surface area contributed by atoms with Crippen molar-refractivity contribution in [2.75, 3.05) is 11.9 Å². The molecule has 1 unspecified atom stereocenters. The number of anilines is 1. The lowest BCUT2D eigenvalue weighted by atomic mass is 10.0. The first-order chi connectivity index (χ1) is 9.58. The third-order valence-electron chi connectivity index (χ3n) is 3.59. The molecule has 1 aromatic heterocycles. The number of hydrogen-bond acceptors (Lipinski definition) is 3. The van der Waals surface area contributed by atoms with Gasteiger partial charge in [0.15, 0.2) is 0 Å². The number of nitrogens with zero attached hydrogens (tertiary/aromatic N) is 1. The van der Waals surface area contributed by atoms with Crippen LogP contribution in [0.4, 0.5) is 5.69 Å². The Labute approximate surface area is 121 Å². The lowest BCUT2D eigenvalue weighted by molar-refractivity contribution is 0.482. The van der Waals surface area contributed by atoms with Gasteiger partial charge >= 0.3 is 0 Å². The van der Waals surface area contributed by atoms with E-state index < -0.39 is 0 Å². The molecule has 2 aromatic rings. The summed E-state index contributed by atoms with van der Waals surface area (Å²) in [6.07, 6.45) is 1.96. The molecule has 0 aliphatic carbocycles. The van der Waals surface area contributed by atoms with Gasteiger partial charge in [0.05, 0.1) is 6.54 Å². The molecular weight excluding hydrogens is 248 g/mol. The van der Waals surface area contributed by atoms with Crippen LogP contribution in [0.15, 0.2) is 40.8 Å². The van der Waals surface area contributed by atoms with E-state index in [1.165, 1.54) is 11.3 Å². The van der Waals surface area contributed by atoms with Crippen LogP contribution in [0, 0.1) is 6.92 Å². The number of benzene rings is 1. The molecule has 0 fully saturated rings. The van der Waals surface area contributed by atoms with Gasteiger partial charge in [-0.05, 0) is 49.6 Å². The molecule has 2 rings (SSSR count). The molecule has 3 nitrogen and oxygen atoms in total. The molecule has 1 heterocycles. The third-order valence-corrected chi connectivity index (χ3v) is 3.59. The molecule has 1 aromatic carbocycles. The van der Waals surface area contributed by atoms with Gasteiger partial charge in [-0.3, -0.25) is 0 Å². The third kappa shape index (κ3) is 3.87. The summed E-state index contributed by atoms with van der Waals surface area (Å²) in [6.45, 7) is 4.87. The van der Waals surface area contributed by atoms with Crippen molar-refractivity contribution in [1.29, 1.82) is 0 Å². The van der Waals surface area contributed by atoms with Gasteiger partial charge in [-0.1, -0.05) is 19.1 Å². The van der Waals surface area contributed by atoms with Gasteiger partial charge in [-0.25, -0.2) is 0 Å². The summed E-state index contributed by atoms with van der Waals surface area (Å²) in [5, 5.41) is 0. The summed E-state index contributed by atoms with van der Waals surface area (Å²) in [7, 11) is 2.07. The molecule has 3 heteroatoms. The van der Waals surface area contributed by atoms with Crippen LogP contribution in [0.1, 0.15) is 30.4 Å². The predicted octanol–water partition coefficient (Wildman–Crippen LogP) is 3.50. The molecule has 0 spiro atoms. The number of nitrogens with two attached hydrogens (primary N) is 1. The molecule has 2 N–H and O–H groups in total. The van der Waals surface area contributed by atoms with Crippen LogP contribution >= 0.6 is 0 Å². The second-order valence-electron chi connectivity index (χ2n) is 5.41. The van der Waals surface area contributed by atoms with Crippen molar-refractivity contribution in [3.05, 3.63) is 53.5 Å². The van der Waals surface area contributed by atoms with E-state index in [0.717, 1.165) is 30.9 Å². The highest BCUT2D eigenvalue weighted by atomic mass is 16.3. The monoisotopic (exact) mass is 272 g/mol. The van der Waals surface area contributed by atoms with Crippen LogP contribution < -0.4 is 10.6 Å². The zero-order valence-electron chi connectivity index (χ0n) is 12.6. The van der Waals surface area contributed by atoms with Gasteiger partial charge < -0.3 is 15.1 Å². The second-order valence-corrected chi connectivity index (χ2v) is 5.41. The first-order valence-corrected chi connectivity index (χ1v) is 7.19. The lowest BCUT2D eigenvalue weighted by Crippen LogP contribution is -2.21. The Bertz CT molecular complexity index is 530. The average molecular weight is 272 g/mol. The summed E-state index contributed by atoms with van der Waals surface area (Å²) in [5.74, 6) is 1.94. The zero-order chi connectivity index (χ0) is 14.5. The predicted molar refractivity (Wildman–Crippen MR) is 84.0 cm³/mol. The maximum absolute atomic E-state index is 5.98. The van der Waals surface area contributed by atoms with Gasteiger partial charge in [-0.15, -0.1) is 0 Å². The lowest BCUT2D eigenvalue weighted by Gasteiger charge is -2.18. The maximum Gasteiger partial charge on any atom is 0.123 e. The van der Waals surface area contributed by atoms with Crippen LogP contribution in [0.3, 0.4) is 0 Å². The van der Waals surface area contributed by atoms with Gasteiger partial charge in [0.25, 0.3) is 0 Å². The van der Waals surface area contributed by atoms with Crippen LogP contribution in [0.25, 0.3) is 0 Å². The van der Waals surface area contributed by atoms with Gasteiger partial charge in [0.2, 0.25) is 0 Å². The van der Waals surface area contributed by atoms with E-state index in [4.69, 9.17) is 10.2 Å². The minimum atomic E-state index is 0.254. The molecule has 108 valence electrons. The second kappa shape index (κ2) is 6.62. The largest absolute Gasteiger partial charge is 0.464 e. The fourth-order valence-corrected chi connectivity index (χ4v) is 2.23.